The summed E-state index contributed by atoms with van der Waals surface area (Å²) in [5.41, 5.74) is 1.58. The van der Waals surface area contributed by atoms with Gasteiger partial charge in [-0.3, -0.25) is 4.90 Å². The fourth-order valence-corrected chi connectivity index (χ4v) is 2.50. The Hall–Kier alpha value is -0.800. The van der Waals surface area contributed by atoms with E-state index in [4.69, 9.17) is 11.6 Å². The first-order valence-electron chi connectivity index (χ1n) is 6.24. The van der Waals surface area contributed by atoms with Crippen molar-refractivity contribution in [3.8, 4) is 0 Å². The lowest BCUT2D eigenvalue weighted by atomic mass is 9.99. The van der Waals surface area contributed by atoms with Gasteiger partial charge in [-0.05, 0) is 38.6 Å². The highest BCUT2D eigenvalue weighted by Gasteiger charge is 2.31. The number of rotatable bonds is 2. The number of piperazine rings is 1. The Labute approximate surface area is 113 Å². The molecule has 0 aliphatic carbocycles. The highest BCUT2D eigenvalue weighted by Crippen LogP contribution is 2.27. The van der Waals surface area contributed by atoms with Crippen molar-refractivity contribution in [1.29, 1.82) is 0 Å². The third-order valence-electron chi connectivity index (χ3n) is 3.82. The van der Waals surface area contributed by atoms with E-state index in [-0.39, 0.29) is 11.4 Å². The van der Waals surface area contributed by atoms with Gasteiger partial charge in [0.2, 0.25) is 0 Å². The number of hydrogen-bond acceptors (Lipinski definition) is 2. The number of hydrogen-bond donors (Lipinski definition) is 0. The molecule has 1 aromatic rings. The standard InChI is InChI=1S/C14H20ClFN2/c1-14(2)10-18(7-6-17(14)3)13-5-4-11(9-15)8-12(13)16/h4-5,8H,6-7,9-10H2,1-3H3. The highest BCUT2D eigenvalue weighted by molar-refractivity contribution is 6.17. The van der Waals surface area contributed by atoms with Crippen molar-refractivity contribution >= 4 is 17.3 Å². The summed E-state index contributed by atoms with van der Waals surface area (Å²) in [6.45, 7) is 7.01. The van der Waals surface area contributed by atoms with Crippen LogP contribution < -0.4 is 4.90 Å². The van der Waals surface area contributed by atoms with Crippen molar-refractivity contribution in [1.82, 2.24) is 4.90 Å². The summed E-state index contributed by atoms with van der Waals surface area (Å²) in [4.78, 5) is 4.43. The van der Waals surface area contributed by atoms with E-state index in [1.54, 1.807) is 0 Å². The maximum absolute atomic E-state index is 14.1. The summed E-state index contributed by atoms with van der Waals surface area (Å²) in [6, 6.07) is 5.28. The average Bonchev–Trinajstić information content (AvgIpc) is 2.32. The van der Waals surface area contributed by atoms with Crippen molar-refractivity contribution in [3.63, 3.8) is 0 Å². The van der Waals surface area contributed by atoms with E-state index in [1.807, 2.05) is 12.1 Å². The summed E-state index contributed by atoms with van der Waals surface area (Å²) in [5.74, 6) is 0.180. The second-order valence-corrected chi connectivity index (χ2v) is 5.84. The third kappa shape index (κ3) is 2.62. The molecular formula is C14H20ClFN2. The predicted octanol–water partition coefficient (Wildman–Crippen LogP) is 3.09. The number of anilines is 1. The Balaban J connectivity index is 2.22. The molecule has 2 rings (SSSR count). The van der Waals surface area contributed by atoms with E-state index in [1.165, 1.54) is 6.07 Å². The molecule has 0 amide bonds. The Morgan fingerprint density at radius 2 is 2.06 bits per heavy atom. The van der Waals surface area contributed by atoms with Gasteiger partial charge in [-0.2, -0.15) is 0 Å². The van der Waals surface area contributed by atoms with E-state index < -0.39 is 0 Å². The van der Waals surface area contributed by atoms with E-state index >= 15 is 0 Å². The molecule has 0 bridgehead atoms. The minimum Gasteiger partial charge on any atom is -0.366 e. The largest absolute Gasteiger partial charge is 0.366 e. The molecule has 0 unspecified atom stereocenters. The molecule has 0 saturated carbocycles. The molecule has 100 valence electrons. The topological polar surface area (TPSA) is 6.48 Å². The van der Waals surface area contributed by atoms with Crippen molar-refractivity contribution in [2.24, 2.45) is 0 Å². The number of halogens is 2. The van der Waals surface area contributed by atoms with Crippen molar-refractivity contribution in [2.45, 2.75) is 25.3 Å². The Morgan fingerprint density at radius 3 is 2.61 bits per heavy atom. The van der Waals surface area contributed by atoms with Crippen LogP contribution in [0.25, 0.3) is 0 Å². The predicted molar refractivity (Wildman–Crippen MR) is 74.9 cm³/mol. The van der Waals surface area contributed by atoms with Crippen LogP contribution in [0.4, 0.5) is 10.1 Å². The van der Waals surface area contributed by atoms with Gasteiger partial charge in [-0.15, -0.1) is 11.6 Å². The molecule has 1 saturated heterocycles. The van der Waals surface area contributed by atoms with Gasteiger partial charge in [0.25, 0.3) is 0 Å². The lowest BCUT2D eigenvalue weighted by Crippen LogP contribution is -2.57. The molecule has 2 nitrogen and oxygen atoms in total. The Morgan fingerprint density at radius 1 is 1.33 bits per heavy atom. The van der Waals surface area contributed by atoms with Crippen molar-refractivity contribution < 1.29 is 4.39 Å². The van der Waals surface area contributed by atoms with Crippen LogP contribution in [0.2, 0.25) is 0 Å². The van der Waals surface area contributed by atoms with Crippen molar-refractivity contribution in [3.05, 3.63) is 29.6 Å². The van der Waals surface area contributed by atoms with Crippen LogP contribution in [0.1, 0.15) is 19.4 Å². The fraction of sp³-hybridized carbons (Fsp3) is 0.571. The highest BCUT2D eigenvalue weighted by atomic mass is 35.5. The third-order valence-corrected chi connectivity index (χ3v) is 4.13. The summed E-state index contributed by atoms with van der Waals surface area (Å²) < 4.78 is 14.1. The molecule has 0 atom stereocenters. The summed E-state index contributed by atoms with van der Waals surface area (Å²) in [5, 5.41) is 0. The van der Waals surface area contributed by atoms with Gasteiger partial charge in [0.15, 0.2) is 0 Å². The number of alkyl halides is 1. The van der Waals surface area contributed by atoms with Gasteiger partial charge in [0.05, 0.1) is 5.69 Å². The van der Waals surface area contributed by atoms with Gasteiger partial charge >= 0.3 is 0 Å². The Kier molecular flexibility index (Phi) is 3.83. The fourth-order valence-electron chi connectivity index (χ4n) is 2.34. The molecule has 1 aliphatic heterocycles. The smallest absolute Gasteiger partial charge is 0.146 e. The van der Waals surface area contributed by atoms with Crippen LogP contribution in [0.5, 0.6) is 0 Å². The zero-order valence-electron chi connectivity index (χ0n) is 11.2. The van der Waals surface area contributed by atoms with Crippen LogP contribution in [-0.4, -0.2) is 37.1 Å². The zero-order valence-corrected chi connectivity index (χ0v) is 12.0. The quantitative estimate of drug-likeness (QED) is 0.762. The normalized spacial score (nSPS) is 20.2. The first kappa shape index (κ1) is 13.6. The molecule has 18 heavy (non-hydrogen) atoms. The van der Waals surface area contributed by atoms with Gasteiger partial charge in [-0.25, -0.2) is 4.39 Å². The monoisotopic (exact) mass is 270 g/mol. The zero-order chi connectivity index (χ0) is 13.3. The molecule has 1 aliphatic rings. The molecule has 0 radical (unpaired) electrons. The minimum atomic E-state index is -0.173. The van der Waals surface area contributed by atoms with Gasteiger partial charge in [0.1, 0.15) is 5.82 Å². The van der Waals surface area contributed by atoms with Gasteiger partial charge < -0.3 is 4.90 Å². The molecule has 0 N–H and O–H groups in total. The minimum absolute atomic E-state index is 0.0653. The van der Waals surface area contributed by atoms with E-state index in [0.717, 1.165) is 25.2 Å². The summed E-state index contributed by atoms with van der Waals surface area (Å²) >= 11 is 5.71. The molecule has 1 fully saturated rings. The maximum atomic E-state index is 14.1. The Bertz CT molecular complexity index is 434. The van der Waals surface area contributed by atoms with Crippen molar-refractivity contribution in [2.75, 3.05) is 31.6 Å². The molecule has 0 spiro atoms. The molecular weight excluding hydrogens is 251 g/mol. The number of nitrogens with zero attached hydrogens (tertiary/aromatic N) is 2. The second-order valence-electron chi connectivity index (χ2n) is 5.57. The lowest BCUT2D eigenvalue weighted by Gasteiger charge is -2.46. The van der Waals surface area contributed by atoms with E-state index in [0.29, 0.717) is 11.6 Å². The summed E-state index contributed by atoms with van der Waals surface area (Å²) in [6.07, 6.45) is 0. The van der Waals surface area contributed by atoms with Crippen LogP contribution >= 0.6 is 11.6 Å². The lowest BCUT2D eigenvalue weighted by molar-refractivity contribution is 0.138. The first-order valence-corrected chi connectivity index (χ1v) is 6.78. The average molecular weight is 271 g/mol. The molecule has 1 aromatic carbocycles. The molecule has 1 heterocycles. The molecule has 4 heteroatoms. The molecule has 0 aromatic heterocycles. The number of likely N-dealkylation sites (N-methyl/N-ethyl adjacent to an activating group) is 1. The van der Waals surface area contributed by atoms with Gasteiger partial charge in [0, 0.05) is 31.1 Å². The van der Waals surface area contributed by atoms with Crippen LogP contribution in [-0.2, 0) is 5.88 Å². The van der Waals surface area contributed by atoms with Gasteiger partial charge in [-0.1, -0.05) is 6.07 Å². The van der Waals surface area contributed by atoms with E-state index in [2.05, 4.69) is 30.7 Å². The van der Waals surface area contributed by atoms with Crippen LogP contribution in [0, 0.1) is 5.82 Å². The first-order chi connectivity index (χ1) is 8.44. The van der Waals surface area contributed by atoms with E-state index in [9.17, 15) is 4.39 Å². The van der Waals surface area contributed by atoms with Crippen LogP contribution in [0.15, 0.2) is 18.2 Å². The number of benzene rings is 1. The summed E-state index contributed by atoms with van der Waals surface area (Å²) in [7, 11) is 2.12. The second kappa shape index (κ2) is 5.06. The maximum Gasteiger partial charge on any atom is 0.146 e. The van der Waals surface area contributed by atoms with Crippen LogP contribution in [0.3, 0.4) is 0 Å². The SMILES string of the molecule is CN1CCN(c2ccc(CCl)cc2F)CC1(C)C.